The third kappa shape index (κ3) is 2.53. The topological polar surface area (TPSA) is 40.5 Å². The summed E-state index contributed by atoms with van der Waals surface area (Å²) in [5.41, 5.74) is 0. The molecule has 2 unspecified atom stereocenters. The number of alkyl halides is 1. The van der Waals surface area contributed by atoms with E-state index in [2.05, 4.69) is 0 Å². The Morgan fingerprint density at radius 1 is 1.57 bits per heavy atom. The zero-order valence-corrected chi connectivity index (χ0v) is 4.13. The summed E-state index contributed by atoms with van der Waals surface area (Å²) in [6.07, 6.45) is -2.16. The van der Waals surface area contributed by atoms with E-state index in [0.29, 0.717) is 0 Å². The standard InChI is InChI=1S/C4H9FO2/c1-3(6)4(7)2-5/h3-4,6-7H,2H2,1H3. The van der Waals surface area contributed by atoms with Gasteiger partial charge in [0.05, 0.1) is 6.10 Å². The molecule has 7 heavy (non-hydrogen) atoms. The van der Waals surface area contributed by atoms with Gasteiger partial charge in [-0.2, -0.15) is 0 Å². The van der Waals surface area contributed by atoms with Gasteiger partial charge in [0.25, 0.3) is 0 Å². The van der Waals surface area contributed by atoms with Crippen LogP contribution < -0.4 is 0 Å². The summed E-state index contributed by atoms with van der Waals surface area (Å²) in [6, 6.07) is 0. The Balaban J connectivity index is 3.14. The molecule has 0 bridgehead atoms. The molecule has 0 amide bonds. The fraction of sp³-hybridized carbons (Fsp3) is 1.00. The van der Waals surface area contributed by atoms with E-state index < -0.39 is 18.9 Å². The maximum atomic E-state index is 11.2. The van der Waals surface area contributed by atoms with Gasteiger partial charge < -0.3 is 10.2 Å². The van der Waals surface area contributed by atoms with Crippen LogP contribution in [0.2, 0.25) is 0 Å². The zero-order valence-electron chi connectivity index (χ0n) is 4.13. The Kier molecular flexibility index (Phi) is 2.87. The van der Waals surface area contributed by atoms with Crippen molar-refractivity contribution < 1.29 is 14.6 Å². The fourth-order valence-corrected chi connectivity index (χ4v) is 0.129. The molecule has 0 saturated heterocycles. The summed E-state index contributed by atoms with van der Waals surface area (Å²) in [5.74, 6) is 0. The third-order valence-corrected chi connectivity index (χ3v) is 0.715. The van der Waals surface area contributed by atoms with E-state index in [9.17, 15) is 4.39 Å². The molecule has 2 atom stereocenters. The average Bonchev–Trinajstić information content (AvgIpc) is 1.65. The summed E-state index contributed by atoms with van der Waals surface area (Å²) in [7, 11) is 0. The molecular formula is C4H9FO2. The number of hydrogen-bond acceptors (Lipinski definition) is 2. The lowest BCUT2D eigenvalue weighted by molar-refractivity contribution is 0.0162. The lowest BCUT2D eigenvalue weighted by atomic mass is 10.3. The van der Waals surface area contributed by atoms with Gasteiger partial charge in [-0.05, 0) is 6.92 Å². The van der Waals surface area contributed by atoms with Gasteiger partial charge in [0, 0.05) is 0 Å². The zero-order chi connectivity index (χ0) is 5.86. The minimum atomic E-state index is -1.21. The summed E-state index contributed by atoms with van der Waals surface area (Å²) in [4.78, 5) is 0. The van der Waals surface area contributed by atoms with E-state index in [1.807, 2.05) is 0 Å². The fourth-order valence-electron chi connectivity index (χ4n) is 0.129. The number of halogens is 1. The molecule has 0 heterocycles. The first-order chi connectivity index (χ1) is 3.18. The lowest BCUT2D eigenvalue weighted by Gasteiger charge is -2.06. The SMILES string of the molecule is CC(O)C(O)CF. The van der Waals surface area contributed by atoms with E-state index in [1.165, 1.54) is 6.92 Å². The van der Waals surface area contributed by atoms with Crippen molar-refractivity contribution in [3.8, 4) is 0 Å². The van der Waals surface area contributed by atoms with Gasteiger partial charge in [0.1, 0.15) is 12.8 Å². The highest BCUT2D eigenvalue weighted by Gasteiger charge is 2.07. The van der Waals surface area contributed by atoms with E-state index in [-0.39, 0.29) is 0 Å². The van der Waals surface area contributed by atoms with Crippen molar-refractivity contribution in [3.63, 3.8) is 0 Å². The average molecular weight is 108 g/mol. The van der Waals surface area contributed by atoms with Gasteiger partial charge >= 0.3 is 0 Å². The number of hydrogen-bond donors (Lipinski definition) is 2. The van der Waals surface area contributed by atoms with Crippen LogP contribution >= 0.6 is 0 Å². The summed E-state index contributed by atoms with van der Waals surface area (Å²) in [6.45, 7) is 0.460. The molecule has 0 saturated carbocycles. The van der Waals surface area contributed by atoms with E-state index in [0.717, 1.165) is 0 Å². The van der Waals surface area contributed by atoms with Gasteiger partial charge in [-0.25, -0.2) is 4.39 Å². The molecule has 0 aromatic carbocycles. The second-order valence-electron chi connectivity index (χ2n) is 1.46. The third-order valence-electron chi connectivity index (χ3n) is 0.715. The highest BCUT2D eigenvalue weighted by molar-refractivity contribution is 4.57. The second kappa shape index (κ2) is 2.93. The van der Waals surface area contributed by atoms with Crippen LogP contribution in [0.15, 0.2) is 0 Å². The van der Waals surface area contributed by atoms with E-state index in [1.54, 1.807) is 0 Å². The van der Waals surface area contributed by atoms with Crippen molar-refractivity contribution >= 4 is 0 Å². The molecule has 0 spiro atoms. The molecule has 0 aliphatic carbocycles. The van der Waals surface area contributed by atoms with Crippen molar-refractivity contribution in [2.75, 3.05) is 6.67 Å². The molecule has 2 N–H and O–H groups in total. The smallest absolute Gasteiger partial charge is 0.118 e. The minimum absolute atomic E-state index is 0.877. The first kappa shape index (κ1) is 6.85. The van der Waals surface area contributed by atoms with E-state index in [4.69, 9.17) is 10.2 Å². The van der Waals surface area contributed by atoms with Crippen LogP contribution in [-0.4, -0.2) is 29.1 Å². The molecule has 0 rings (SSSR count). The Hall–Kier alpha value is -0.150. The maximum absolute atomic E-state index is 11.2. The molecule has 2 nitrogen and oxygen atoms in total. The molecule has 3 heteroatoms. The van der Waals surface area contributed by atoms with Crippen LogP contribution in [0.5, 0.6) is 0 Å². The van der Waals surface area contributed by atoms with Crippen molar-refractivity contribution in [1.29, 1.82) is 0 Å². The molecule has 0 aromatic heterocycles. The Labute approximate surface area is 41.6 Å². The van der Waals surface area contributed by atoms with Crippen molar-refractivity contribution in [2.24, 2.45) is 0 Å². The van der Waals surface area contributed by atoms with Crippen molar-refractivity contribution in [1.82, 2.24) is 0 Å². The summed E-state index contributed by atoms with van der Waals surface area (Å²) < 4.78 is 11.2. The molecular weight excluding hydrogens is 99.0 g/mol. The first-order valence-electron chi connectivity index (χ1n) is 2.10. The minimum Gasteiger partial charge on any atom is -0.391 e. The molecule has 0 aromatic rings. The van der Waals surface area contributed by atoms with Crippen LogP contribution in [0.4, 0.5) is 4.39 Å². The molecule has 0 fully saturated rings. The maximum Gasteiger partial charge on any atom is 0.118 e. The van der Waals surface area contributed by atoms with Gasteiger partial charge in [0.15, 0.2) is 0 Å². The first-order valence-corrected chi connectivity index (χ1v) is 2.10. The normalized spacial score (nSPS) is 18.9. The largest absolute Gasteiger partial charge is 0.391 e. The van der Waals surface area contributed by atoms with Crippen LogP contribution in [0, 0.1) is 0 Å². The summed E-state index contributed by atoms with van der Waals surface area (Å²) in [5, 5.41) is 16.6. The molecule has 0 radical (unpaired) electrons. The molecule has 0 aliphatic rings. The predicted octanol–water partition coefficient (Wildman–Crippen LogP) is -0.302. The van der Waals surface area contributed by atoms with Crippen LogP contribution in [0.3, 0.4) is 0 Å². The highest BCUT2D eigenvalue weighted by atomic mass is 19.1. The van der Waals surface area contributed by atoms with Gasteiger partial charge in [-0.15, -0.1) is 0 Å². The Morgan fingerprint density at radius 3 is 2.00 bits per heavy atom. The highest BCUT2D eigenvalue weighted by Crippen LogP contribution is 1.90. The number of rotatable bonds is 2. The lowest BCUT2D eigenvalue weighted by Crippen LogP contribution is -2.23. The van der Waals surface area contributed by atoms with Gasteiger partial charge in [-0.1, -0.05) is 0 Å². The van der Waals surface area contributed by atoms with Crippen molar-refractivity contribution in [2.45, 2.75) is 19.1 Å². The number of aliphatic hydroxyl groups is 2. The monoisotopic (exact) mass is 108 g/mol. The van der Waals surface area contributed by atoms with Crippen LogP contribution in [0.1, 0.15) is 6.92 Å². The Morgan fingerprint density at radius 2 is 2.00 bits per heavy atom. The number of aliphatic hydroxyl groups excluding tert-OH is 2. The van der Waals surface area contributed by atoms with Gasteiger partial charge in [0.2, 0.25) is 0 Å². The second-order valence-corrected chi connectivity index (χ2v) is 1.46. The summed E-state index contributed by atoms with van der Waals surface area (Å²) >= 11 is 0. The van der Waals surface area contributed by atoms with Crippen molar-refractivity contribution in [3.05, 3.63) is 0 Å². The van der Waals surface area contributed by atoms with Gasteiger partial charge in [-0.3, -0.25) is 0 Å². The van der Waals surface area contributed by atoms with Crippen LogP contribution in [-0.2, 0) is 0 Å². The molecule has 0 aliphatic heterocycles. The predicted molar refractivity (Wildman–Crippen MR) is 23.7 cm³/mol. The van der Waals surface area contributed by atoms with E-state index >= 15 is 0 Å². The van der Waals surface area contributed by atoms with Crippen LogP contribution in [0.25, 0.3) is 0 Å². The molecule has 44 valence electrons. The quantitative estimate of drug-likeness (QED) is 0.509. The Bertz CT molecular complexity index is 47.0.